The number of rotatable bonds is 3. The van der Waals surface area contributed by atoms with Gasteiger partial charge >= 0.3 is 6.18 Å². The molecule has 0 aliphatic rings. The van der Waals surface area contributed by atoms with Gasteiger partial charge in [0.2, 0.25) is 0 Å². The first-order valence-corrected chi connectivity index (χ1v) is 5.02. The highest BCUT2D eigenvalue weighted by Gasteiger charge is 2.33. The van der Waals surface area contributed by atoms with Crippen molar-refractivity contribution in [1.82, 2.24) is 9.47 Å². The van der Waals surface area contributed by atoms with Gasteiger partial charge in [0.05, 0.1) is 5.69 Å². The van der Waals surface area contributed by atoms with E-state index in [1.165, 1.54) is 23.8 Å². The van der Waals surface area contributed by atoms with Gasteiger partial charge in [-0.1, -0.05) is 0 Å². The highest BCUT2D eigenvalue weighted by molar-refractivity contribution is 5.93. The minimum Gasteiger partial charge on any atom is -0.397 e. The zero-order chi connectivity index (χ0) is 13.2. The molecule has 17 heavy (non-hydrogen) atoms. The summed E-state index contributed by atoms with van der Waals surface area (Å²) in [5.41, 5.74) is 5.97. The van der Waals surface area contributed by atoms with Gasteiger partial charge in [0.25, 0.3) is 5.91 Å². The lowest BCUT2D eigenvalue weighted by Crippen LogP contribution is -2.39. The van der Waals surface area contributed by atoms with Gasteiger partial charge in [-0.15, -0.1) is 0 Å². The monoisotopic (exact) mass is 249 g/mol. The molecule has 1 aromatic heterocycles. The molecule has 0 saturated carbocycles. The van der Waals surface area contributed by atoms with Gasteiger partial charge in [0, 0.05) is 19.8 Å². The van der Waals surface area contributed by atoms with Crippen LogP contribution in [0.3, 0.4) is 0 Å². The van der Waals surface area contributed by atoms with Crippen LogP contribution in [0.25, 0.3) is 0 Å². The van der Waals surface area contributed by atoms with E-state index < -0.39 is 18.6 Å². The number of nitrogen functional groups attached to an aromatic ring is 1. The first-order chi connectivity index (χ1) is 7.74. The number of aryl methyl sites for hydroxylation is 1. The summed E-state index contributed by atoms with van der Waals surface area (Å²) in [6.07, 6.45) is -2.92. The summed E-state index contributed by atoms with van der Waals surface area (Å²) in [6, 6.07) is 1.36. The lowest BCUT2D eigenvalue weighted by molar-refractivity contribution is -0.140. The zero-order valence-electron chi connectivity index (χ0n) is 9.58. The highest BCUT2D eigenvalue weighted by Crippen LogP contribution is 2.19. The lowest BCUT2D eigenvalue weighted by Gasteiger charge is -2.22. The molecule has 96 valence electrons. The molecular formula is C10H14F3N3O. The minimum absolute atomic E-state index is 0.0105. The van der Waals surface area contributed by atoms with Gasteiger partial charge in [-0.05, 0) is 13.0 Å². The minimum atomic E-state index is -4.40. The van der Waals surface area contributed by atoms with E-state index in [0.717, 1.165) is 4.90 Å². The molecule has 7 heteroatoms. The molecule has 1 amide bonds. The molecule has 0 radical (unpaired) electrons. The van der Waals surface area contributed by atoms with Crippen molar-refractivity contribution >= 4 is 11.6 Å². The molecule has 0 unspecified atom stereocenters. The van der Waals surface area contributed by atoms with Crippen molar-refractivity contribution < 1.29 is 18.0 Å². The molecule has 1 rings (SSSR count). The van der Waals surface area contributed by atoms with Gasteiger partial charge in [0.15, 0.2) is 0 Å². The Morgan fingerprint density at radius 2 is 2.12 bits per heavy atom. The molecule has 1 aromatic rings. The third-order valence-corrected chi connectivity index (χ3v) is 2.28. The summed E-state index contributed by atoms with van der Waals surface area (Å²) >= 11 is 0. The number of hydrogen-bond acceptors (Lipinski definition) is 2. The molecule has 0 spiro atoms. The number of aromatic nitrogens is 1. The number of nitrogens with two attached hydrogens (primary N) is 1. The smallest absolute Gasteiger partial charge is 0.397 e. The third-order valence-electron chi connectivity index (χ3n) is 2.28. The number of anilines is 1. The highest BCUT2D eigenvalue weighted by atomic mass is 19.4. The van der Waals surface area contributed by atoms with E-state index in [4.69, 9.17) is 5.73 Å². The fraction of sp³-hybridized carbons (Fsp3) is 0.500. The van der Waals surface area contributed by atoms with Crippen molar-refractivity contribution in [2.45, 2.75) is 13.1 Å². The van der Waals surface area contributed by atoms with E-state index >= 15 is 0 Å². The number of carbonyl (C=O) groups is 1. The number of nitrogens with zero attached hydrogens (tertiary/aromatic N) is 2. The Hall–Kier alpha value is -1.66. The molecule has 0 atom stereocenters. The van der Waals surface area contributed by atoms with E-state index in [9.17, 15) is 18.0 Å². The number of halogens is 3. The first-order valence-electron chi connectivity index (χ1n) is 5.02. The van der Waals surface area contributed by atoms with Crippen LogP contribution in [0.15, 0.2) is 12.3 Å². The van der Waals surface area contributed by atoms with Crippen molar-refractivity contribution in [1.29, 1.82) is 0 Å². The summed E-state index contributed by atoms with van der Waals surface area (Å²) < 4.78 is 38.2. The van der Waals surface area contributed by atoms with Gasteiger partial charge in [-0.25, -0.2) is 0 Å². The number of hydrogen-bond donors (Lipinski definition) is 1. The van der Waals surface area contributed by atoms with Gasteiger partial charge in [0.1, 0.15) is 12.2 Å². The molecule has 2 N–H and O–H groups in total. The van der Waals surface area contributed by atoms with Crippen molar-refractivity contribution in [3.05, 3.63) is 18.0 Å². The van der Waals surface area contributed by atoms with E-state index in [-0.39, 0.29) is 12.2 Å². The molecular weight excluding hydrogens is 235 g/mol. The lowest BCUT2D eigenvalue weighted by atomic mass is 10.3. The van der Waals surface area contributed by atoms with Crippen LogP contribution in [0.2, 0.25) is 0 Å². The largest absolute Gasteiger partial charge is 0.406 e. The molecule has 0 aliphatic carbocycles. The van der Waals surface area contributed by atoms with Gasteiger partial charge in [-0.2, -0.15) is 13.2 Å². The van der Waals surface area contributed by atoms with Crippen LogP contribution in [0.1, 0.15) is 17.4 Å². The standard InChI is InChI=1S/C10H14F3N3O/c1-3-16(6-10(11,12)13)9(17)8-4-7(14)5-15(8)2/h4-5H,3,6,14H2,1-2H3. The maximum Gasteiger partial charge on any atom is 0.406 e. The van der Waals surface area contributed by atoms with Crippen molar-refractivity contribution in [2.75, 3.05) is 18.8 Å². The molecule has 0 bridgehead atoms. The maximum absolute atomic E-state index is 12.2. The molecule has 1 heterocycles. The number of carbonyl (C=O) groups excluding carboxylic acids is 1. The second kappa shape index (κ2) is 4.68. The van der Waals surface area contributed by atoms with Crippen LogP contribution < -0.4 is 5.73 Å². The Balaban J connectivity index is 2.90. The van der Waals surface area contributed by atoms with E-state index in [2.05, 4.69) is 0 Å². The maximum atomic E-state index is 12.2. The Morgan fingerprint density at radius 1 is 1.53 bits per heavy atom. The Bertz CT molecular complexity index is 411. The van der Waals surface area contributed by atoms with Crippen LogP contribution in [0.4, 0.5) is 18.9 Å². The van der Waals surface area contributed by atoms with Crippen LogP contribution in [-0.2, 0) is 7.05 Å². The molecule has 0 fully saturated rings. The van der Waals surface area contributed by atoms with E-state index in [1.807, 2.05) is 0 Å². The van der Waals surface area contributed by atoms with Crippen LogP contribution in [0, 0.1) is 0 Å². The Kier molecular flexibility index (Phi) is 3.69. The summed E-state index contributed by atoms with van der Waals surface area (Å²) in [6.45, 7) is 0.229. The van der Waals surface area contributed by atoms with Crippen molar-refractivity contribution in [2.24, 2.45) is 7.05 Å². The SMILES string of the molecule is CCN(CC(F)(F)F)C(=O)c1cc(N)cn1C. The van der Waals surface area contributed by atoms with Crippen molar-refractivity contribution in [3.63, 3.8) is 0 Å². The Morgan fingerprint density at radius 3 is 2.47 bits per heavy atom. The van der Waals surface area contributed by atoms with Crippen LogP contribution in [0.5, 0.6) is 0 Å². The predicted molar refractivity (Wildman–Crippen MR) is 57.5 cm³/mol. The Labute approximate surface area is 96.8 Å². The van der Waals surface area contributed by atoms with Crippen LogP contribution >= 0.6 is 0 Å². The second-order valence-electron chi connectivity index (χ2n) is 3.70. The molecule has 0 aromatic carbocycles. The predicted octanol–water partition coefficient (Wildman–Crippen LogP) is 1.63. The van der Waals surface area contributed by atoms with E-state index in [1.54, 1.807) is 7.05 Å². The van der Waals surface area contributed by atoms with Crippen molar-refractivity contribution in [3.8, 4) is 0 Å². The van der Waals surface area contributed by atoms with E-state index in [0.29, 0.717) is 5.69 Å². The topological polar surface area (TPSA) is 51.3 Å². The molecule has 4 nitrogen and oxygen atoms in total. The summed E-state index contributed by atoms with van der Waals surface area (Å²) in [7, 11) is 1.56. The quantitative estimate of drug-likeness (QED) is 0.885. The fourth-order valence-corrected chi connectivity index (χ4v) is 1.51. The second-order valence-corrected chi connectivity index (χ2v) is 3.70. The summed E-state index contributed by atoms with van der Waals surface area (Å²) in [4.78, 5) is 12.6. The third kappa shape index (κ3) is 3.40. The normalized spacial score (nSPS) is 11.6. The average Bonchev–Trinajstić information content (AvgIpc) is 2.52. The number of alkyl halides is 3. The van der Waals surface area contributed by atoms with Crippen LogP contribution in [-0.4, -0.2) is 34.6 Å². The number of amides is 1. The summed E-state index contributed by atoms with van der Waals surface area (Å²) in [5, 5.41) is 0. The van der Waals surface area contributed by atoms with Gasteiger partial charge in [-0.3, -0.25) is 4.79 Å². The van der Waals surface area contributed by atoms with Gasteiger partial charge < -0.3 is 15.2 Å². The fourth-order valence-electron chi connectivity index (χ4n) is 1.51. The first kappa shape index (κ1) is 13.4. The molecule has 0 saturated heterocycles. The molecule has 0 aliphatic heterocycles. The summed E-state index contributed by atoms with van der Waals surface area (Å²) in [5.74, 6) is -0.677. The average molecular weight is 249 g/mol. The zero-order valence-corrected chi connectivity index (χ0v) is 9.58.